The SMILES string of the molecule is CC(O)c1cnnn1Cc1ccco1. The van der Waals surface area contributed by atoms with E-state index in [1.807, 2.05) is 12.1 Å². The lowest BCUT2D eigenvalue weighted by Gasteiger charge is -2.05. The van der Waals surface area contributed by atoms with Gasteiger partial charge in [0.1, 0.15) is 12.3 Å². The summed E-state index contributed by atoms with van der Waals surface area (Å²) in [5.74, 6) is 0.789. The molecule has 5 nitrogen and oxygen atoms in total. The number of aliphatic hydroxyl groups is 1. The molecule has 2 aromatic heterocycles. The summed E-state index contributed by atoms with van der Waals surface area (Å²) >= 11 is 0. The summed E-state index contributed by atoms with van der Waals surface area (Å²) in [5, 5.41) is 17.0. The Balaban J connectivity index is 2.21. The second kappa shape index (κ2) is 3.63. The highest BCUT2D eigenvalue weighted by Gasteiger charge is 2.10. The van der Waals surface area contributed by atoms with Crippen LogP contribution in [-0.2, 0) is 6.54 Å². The Bertz CT molecular complexity index is 392. The third kappa shape index (κ3) is 1.67. The lowest BCUT2D eigenvalue weighted by Crippen LogP contribution is -2.07. The number of nitrogens with zero attached hydrogens (tertiary/aromatic N) is 3. The zero-order valence-corrected chi connectivity index (χ0v) is 7.79. The molecule has 1 unspecified atom stereocenters. The van der Waals surface area contributed by atoms with Crippen LogP contribution in [0.25, 0.3) is 0 Å². The zero-order valence-electron chi connectivity index (χ0n) is 7.79. The molecule has 2 rings (SSSR count). The van der Waals surface area contributed by atoms with Gasteiger partial charge in [0.25, 0.3) is 0 Å². The van der Waals surface area contributed by atoms with Crippen LogP contribution in [0.3, 0.4) is 0 Å². The van der Waals surface area contributed by atoms with Crippen molar-refractivity contribution in [2.45, 2.75) is 19.6 Å². The topological polar surface area (TPSA) is 64.1 Å². The predicted octanol–water partition coefficient (Wildman–Crippen LogP) is 0.973. The molecule has 0 aliphatic heterocycles. The van der Waals surface area contributed by atoms with Gasteiger partial charge >= 0.3 is 0 Å². The van der Waals surface area contributed by atoms with Gasteiger partial charge in [-0.1, -0.05) is 5.21 Å². The van der Waals surface area contributed by atoms with Crippen molar-refractivity contribution in [3.05, 3.63) is 36.0 Å². The number of hydrogen-bond acceptors (Lipinski definition) is 4. The van der Waals surface area contributed by atoms with Crippen molar-refractivity contribution in [2.24, 2.45) is 0 Å². The molecule has 0 aliphatic rings. The van der Waals surface area contributed by atoms with E-state index in [0.717, 1.165) is 5.76 Å². The summed E-state index contributed by atoms with van der Waals surface area (Å²) in [6.07, 6.45) is 2.59. The maximum Gasteiger partial charge on any atom is 0.125 e. The molecule has 2 aromatic rings. The van der Waals surface area contributed by atoms with E-state index < -0.39 is 6.10 Å². The molecule has 1 N–H and O–H groups in total. The lowest BCUT2D eigenvalue weighted by atomic mass is 10.3. The Morgan fingerprint density at radius 2 is 2.50 bits per heavy atom. The summed E-state index contributed by atoms with van der Waals surface area (Å²) in [4.78, 5) is 0. The molecule has 0 saturated carbocycles. The number of rotatable bonds is 3. The average Bonchev–Trinajstić information content (AvgIpc) is 2.75. The van der Waals surface area contributed by atoms with E-state index in [4.69, 9.17) is 4.42 Å². The lowest BCUT2D eigenvalue weighted by molar-refractivity contribution is 0.187. The third-order valence-electron chi connectivity index (χ3n) is 1.96. The first-order valence-electron chi connectivity index (χ1n) is 4.36. The molecule has 0 radical (unpaired) electrons. The van der Waals surface area contributed by atoms with Gasteiger partial charge in [0.05, 0.1) is 24.3 Å². The van der Waals surface area contributed by atoms with Crippen molar-refractivity contribution in [1.29, 1.82) is 0 Å². The van der Waals surface area contributed by atoms with Crippen LogP contribution in [-0.4, -0.2) is 20.1 Å². The molecule has 0 bridgehead atoms. The van der Waals surface area contributed by atoms with Crippen LogP contribution in [0, 0.1) is 0 Å². The van der Waals surface area contributed by atoms with E-state index in [0.29, 0.717) is 12.2 Å². The van der Waals surface area contributed by atoms with Crippen molar-refractivity contribution >= 4 is 0 Å². The maximum atomic E-state index is 9.39. The van der Waals surface area contributed by atoms with E-state index in [1.54, 1.807) is 24.1 Å². The summed E-state index contributed by atoms with van der Waals surface area (Å²) in [7, 11) is 0. The summed E-state index contributed by atoms with van der Waals surface area (Å²) < 4.78 is 6.79. The summed E-state index contributed by atoms with van der Waals surface area (Å²) in [6, 6.07) is 3.67. The highest BCUT2D eigenvalue weighted by Crippen LogP contribution is 2.11. The molecule has 0 amide bonds. The van der Waals surface area contributed by atoms with Crippen molar-refractivity contribution in [3.8, 4) is 0 Å². The first kappa shape index (κ1) is 8.96. The molecule has 2 heterocycles. The second-order valence-electron chi connectivity index (χ2n) is 3.07. The van der Waals surface area contributed by atoms with Crippen LogP contribution in [0.4, 0.5) is 0 Å². The standard InChI is InChI=1S/C9H11N3O2/c1-7(13)9-5-10-11-12(9)6-8-3-2-4-14-8/h2-5,7,13H,6H2,1H3. The first-order valence-corrected chi connectivity index (χ1v) is 4.36. The van der Waals surface area contributed by atoms with Crippen molar-refractivity contribution in [2.75, 3.05) is 0 Å². The van der Waals surface area contributed by atoms with Crippen molar-refractivity contribution in [1.82, 2.24) is 15.0 Å². The van der Waals surface area contributed by atoms with Gasteiger partial charge in [-0.2, -0.15) is 0 Å². The van der Waals surface area contributed by atoms with Crippen LogP contribution < -0.4 is 0 Å². The maximum absolute atomic E-state index is 9.39. The van der Waals surface area contributed by atoms with E-state index in [1.165, 1.54) is 0 Å². The van der Waals surface area contributed by atoms with Crippen LogP contribution in [0.15, 0.2) is 29.0 Å². The minimum atomic E-state index is -0.569. The Kier molecular flexibility index (Phi) is 2.32. The summed E-state index contributed by atoms with van der Waals surface area (Å²) in [6.45, 7) is 2.17. The molecule has 0 aromatic carbocycles. The fraction of sp³-hybridized carbons (Fsp3) is 0.333. The smallest absolute Gasteiger partial charge is 0.125 e. The monoisotopic (exact) mass is 193 g/mol. The van der Waals surface area contributed by atoms with E-state index in [-0.39, 0.29) is 0 Å². The quantitative estimate of drug-likeness (QED) is 0.788. The van der Waals surface area contributed by atoms with Gasteiger partial charge in [-0.3, -0.25) is 0 Å². The van der Waals surface area contributed by atoms with Crippen LogP contribution in [0.2, 0.25) is 0 Å². The van der Waals surface area contributed by atoms with Crippen LogP contribution in [0.5, 0.6) is 0 Å². The van der Waals surface area contributed by atoms with Crippen LogP contribution in [0.1, 0.15) is 24.5 Å². The average molecular weight is 193 g/mol. The fourth-order valence-electron chi connectivity index (χ4n) is 1.26. The largest absolute Gasteiger partial charge is 0.467 e. The highest BCUT2D eigenvalue weighted by molar-refractivity contribution is 5.03. The molecule has 0 spiro atoms. The predicted molar refractivity (Wildman–Crippen MR) is 48.5 cm³/mol. The number of aliphatic hydroxyl groups excluding tert-OH is 1. The minimum absolute atomic E-state index is 0.493. The van der Waals surface area contributed by atoms with Gasteiger partial charge in [-0.25, -0.2) is 4.68 Å². The molecule has 5 heteroatoms. The molecule has 1 atom stereocenters. The Morgan fingerprint density at radius 1 is 1.64 bits per heavy atom. The van der Waals surface area contributed by atoms with Crippen molar-refractivity contribution < 1.29 is 9.52 Å². The van der Waals surface area contributed by atoms with Gasteiger partial charge in [0, 0.05) is 0 Å². The Morgan fingerprint density at radius 3 is 3.14 bits per heavy atom. The summed E-state index contributed by atoms with van der Waals surface area (Å²) in [5.41, 5.74) is 0.682. The van der Waals surface area contributed by atoms with Crippen molar-refractivity contribution in [3.63, 3.8) is 0 Å². The van der Waals surface area contributed by atoms with Gasteiger partial charge in [0.15, 0.2) is 0 Å². The van der Waals surface area contributed by atoms with E-state index >= 15 is 0 Å². The fourth-order valence-corrected chi connectivity index (χ4v) is 1.26. The normalized spacial score (nSPS) is 13.0. The van der Waals surface area contributed by atoms with Gasteiger partial charge in [0.2, 0.25) is 0 Å². The Hall–Kier alpha value is -1.62. The molecular weight excluding hydrogens is 182 g/mol. The van der Waals surface area contributed by atoms with E-state index in [9.17, 15) is 5.11 Å². The minimum Gasteiger partial charge on any atom is -0.467 e. The molecule has 0 fully saturated rings. The molecule has 0 aliphatic carbocycles. The number of hydrogen-bond donors (Lipinski definition) is 1. The Labute approximate surface area is 81.0 Å². The van der Waals surface area contributed by atoms with Gasteiger partial charge in [-0.15, -0.1) is 5.10 Å². The van der Waals surface area contributed by atoms with Crippen LogP contribution >= 0.6 is 0 Å². The van der Waals surface area contributed by atoms with Gasteiger partial charge < -0.3 is 9.52 Å². The molecule has 14 heavy (non-hydrogen) atoms. The zero-order chi connectivity index (χ0) is 9.97. The number of aromatic nitrogens is 3. The van der Waals surface area contributed by atoms with Gasteiger partial charge in [-0.05, 0) is 19.1 Å². The molecule has 0 saturated heterocycles. The highest BCUT2D eigenvalue weighted by atomic mass is 16.3. The second-order valence-corrected chi connectivity index (χ2v) is 3.07. The molecule has 74 valence electrons. The van der Waals surface area contributed by atoms with E-state index in [2.05, 4.69) is 10.3 Å². The molecular formula is C9H11N3O2. The third-order valence-corrected chi connectivity index (χ3v) is 1.96. The number of furan rings is 1. The first-order chi connectivity index (χ1) is 6.77.